The second-order valence-corrected chi connectivity index (χ2v) is 3.29. The van der Waals surface area contributed by atoms with Crippen molar-refractivity contribution in [2.75, 3.05) is 6.61 Å². The molecule has 0 aliphatic heterocycles. The molecule has 0 saturated carbocycles. The maximum absolute atomic E-state index is 12.9. The first kappa shape index (κ1) is 11.6. The van der Waals surface area contributed by atoms with E-state index in [1.807, 2.05) is 6.92 Å². The Morgan fingerprint density at radius 1 is 1.36 bits per heavy atom. The van der Waals surface area contributed by atoms with E-state index in [0.29, 0.717) is 6.61 Å². The van der Waals surface area contributed by atoms with E-state index in [1.54, 1.807) is 6.92 Å². The van der Waals surface area contributed by atoms with Crippen LogP contribution < -0.4 is 0 Å². The minimum atomic E-state index is -0.805. The normalized spacial score (nSPS) is 12.9. The molecule has 1 unspecified atom stereocenters. The largest absolute Gasteiger partial charge is 0.371 e. The first-order chi connectivity index (χ1) is 6.56. The van der Waals surface area contributed by atoms with E-state index in [4.69, 9.17) is 27.9 Å². The molecule has 3 nitrogen and oxygen atoms in total. The van der Waals surface area contributed by atoms with E-state index in [2.05, 4.69) is 9.97 Å². The predicted molar refractivity (Wildman–Crippen MR) is 52.1 cm³/mol. The van der Waals surface area contributed by atoms with Crippen LogP contribution >= 0.6 is 23.2 Å². The van der Waals surface area contributed by atoms with Gasteiger partial charge in [0, 0.05) is 6.61 Å². The van der Waals surface area contributed by atoms with Crippen LogP contribution in [-0.2, 0) is 4.74 Å². The van der Waals surface area contributed by atoms with Crippen LogP contribution in [-0.4, -0.2) is 16.6 Å². The van der Waals surface area contributed by atoms with Gasteiger partial charge in [-0.2, -0.15) is 0 Å². The highest BCUT2D eigenvalue weighted by Crippen LogP contribution is 2.22. The Bertz CT molecular complexity index is 312. The smallest absolute Gasteiger partial charge is 0.197 e. The lowest BCUT2D eigenvalue weighted by molar-refractivity contribution is 0.0699. The second kappa shape index (κ2) is 4.87. The number of aromatic nitrogens is 2. The topological polar surface area (TPSA) is 35.0 Å². The summed E-state index contributed by atoms with van der Waals surface area (Å²) in [6, 6.07) is 0. The van der Waals surface area contributed by atoms with E-state index in [9.17, 15) is 4.39 Å². The van der Waals surface area contributed by atoms with Crippen molar-refractivity contribution in [1.82, 2.24) is 9.97 Å². The molecule has 0 fully saturated rings. The van der Waals surface area contributed by atoms with Crippen LogP contribution in [0.5, 0.6) is 0 Å². The summed E-state index contributed by atoms with van der Waals surface area (Å²) in [5.74, 6) is -0.524. The van der Waals surface area contributed by atoms with E-state index in [1.165, 1.54) is 0 Å². The van der Waals surface area contributed by atoms with Crippen molar-refractivity contribution in [3.05, 3.63) is 21.9 Å². The summed E-state index contributed by atoms with van der Waals surface area (Å²) in [5, 5.41) is -0.571. The zero-order chi connectivity index (χ0) is 10.7. The molecule has 1 aromatic rings. The van der Waals surface area contributed by atoms with Gasteiger partial charge in [-0.3, -0.25) is 0 Å². The summed E-state index contributed by atoms with van der Waals surface area (Å²) in [6.45, 7) is 4.09. The Morgan fingerprint density at radius 2 is 1.86 bits per heavy atom. The zero-order valence-electron chi connectivity index (χ0n) is 7.72. The van der Waals surface area contributed by atoms with Crippen molar-refractivity contribution in [2.45, 2.75) is 20.0 Å². The molecule has 78 valence electrons. The van der Waals surface area contributed by atoms with Crippen LogP contribution in [0.25, 0.3) is 0 Å². The van der Waals surface area contributed by atoms with Gasteiger partial charge in [0.2, 0.25) is 0 Å². The molecule has 0 spiro atoms. The third-order valence-electron chi connectivity index (χ3n) is 1.57. The van der Waals surface area contributed by atoms with E-state index >= 15 is 0 Å². The standard InChI is InChI=1S/C8H9Cl2FN2O/c1-3-14-4(2)8-12-6(9)5(11)7(10)13-8/h4H,3H2,1-2H3. The van der Waals surface area contributed by atoms with Crippen molar-refractivity contribution in [3.8, 4) is 0 Å². The van der Waals surface area contributed by atoms with Gasteiger partial charge in [-0.05, 0) is 13.8 Å². The summed E-state index contributed by atoms with van der Waals surface area (Å²) in [4.78, 5) is 7.44. The van der Waals surface area contributed by atoms with Crippen LogP contribution in [0.15, 0.2) is 0 Å². The monoisotopic (exact) mass is 238 g/mol. The van der Waals surface area contributed by atoms with Crippen LogP contribution in [0.4, 0.5) is 4.39 Å². The highest BCUT2D eigenvalue weighted by atomic mass is 35.5. The first-order valence-corrected chi connectivity index (χ1v) is 4.81. The summed E-state index contributed by atoms with van der Waals surface area (Å²) >= 11 is 11.0. The van der Waals surface area contributed by atoms with Gasteiger partial charge in [0.15, 0.2) is 21.9 Å². The van der Waals surface area contributed by atoms with Crippen molar-refractivity contribution >= 4 is 23.2 Å². The molecule has 0 aliphatic carbocycles. The molecule has 14 heavy (non-hydrogen) atoms. The van der Waals surface area contributed by atoms with Crippen molar-refractivity contribution in [3.63, 3.8) is 0 Å². The molecule has 1 rings (SSSR count). The van der Waals surface area contributed by atoms with Crippen molar-refractivity contribution in [2.24, 2.45) is 0 Å². The lowest BCUT2D eigenvalue weighted by Gasteiger charge is -2.10. The SMILES string of the molecule is CCOC(C)c1nc(Cl)c(F)c(Cl)n1. The molecule has 1 atom stereocenters. The molecule has 6 heteroatoms. The molecule has 0 N–H and O–H groups in total. The Labute approximate surface area is 91.2 Å². The van der Waals surface area contributed by atoms with Crippen LogP contribution in [0.3, 0.4) is 0 Å². The highest BCUT2D eigenvalue weighted by molar-refractivity contribution is 6.33. The Balaban J connectivity index is 3.00. The number of nitrogens with zero attached hydrogens (tertiary/aromatic N) is 2. The fourth-order valence-electron chi connectivity index (χ4n) is 0.916. The molecule has 0 saturated heterocycles. The maximum atomic E-state index is 12.9. The maximum Gasteiger partial charge on any atom is 0.197 e. The van der Waals surface area contributed by atoms with Gasteiger partial charge in [-0.15, -0.1) is 0 Å². The molecular weight excluding hydrogens is 230 g/mol. The number of halogens is 3. The summed E-state index contributed by atoms with van der Waals surface area (Å²) < 4.78 is 18.1. The summed E-state index contributed by atoms with van der Waals surface area (Å²) in [5.41, 5.74) is 0. The number of ether oxygens (including phenoxy) is 1. The molecular formula is C8H9Cl2FN2O. The Hall–Kier alpha value is -0.450. The van der Waals surface area contributed by atoms with Gasteiger partial charge in [-0.25, -0.2) is 14.4 Å². The van der Waals surface area contributed by atoms with Crippen LogP contribution in [0.2, 0.25) is 10.3 Å². The Morgan fingerprint density at radius 3 is 2.29 bits per heavy atom. The quantitative estimate of drug-likeness (QED) is 0.760. The van der Waals surface area contributed by atoms with Crippen molar-refractivity contribution < 1.29 is 9.13 Å². The minimum Gasteiger partial charge on any atom is -0.371 e. The van der Waals surface area contributed by atoms with E-state index < -0.39 is 5.82 Å². The van der Waals surface area contributed by atoms with Gasteiger partial charge >= 0.3 is 0 Å². The average Bonchev–Trinajstić information content (AvgIpc) is 2.13. The minimum absolute atomic E-state index is 0.281. The third kappa shape index (κ3) is 2.53. The lowest BCUT2D eigenvalue weighted by atomic mass is 10.4. The zero-order valence-corrected chi connectivity index (χ0v) is 9.23. The van der Waals surface area contributed by atoms with E-state index in [0.717, 1.165) is 0 Å². The average molecular weight is 239 g/mol. The summed E-state index contributed by atoms with van der Waals surface area (Å²) in [6.07, 6.45) is -0.351. The predicted octanol–water partition coefficient (Wildman–Crippen LogP) is 3.02. The molecule has 1 heterocycles. The van der Waals surface area contributed by atoms with Crippen molar-refractivity contribution in [1.29, 1.82) is 0 Å². The Kier molecular flexibility index (Phi) is 4.04. The third-order valence-corrected chi connectivity index (χ3v) is 2.07. The van der Waals surface area contributed by atoms with Gasteiger partial charge in [0.05, 0.1) is 0 Å². The van der Waals surface area contributed by atoms with Gasteiger partial charge in [-0.1, -0.05) is 23.2 Å². The molecule has 1 aromatic heterocycles. The van der Waals surface area contributed by atoms with Gasteiger partial charge < -0.3 is 4.74 Å². The number of hydrogen-bond acceptors (Lipinski definition) is 3. The van der Waals surface area contributed by atoms with Crippen LogP contribution in [0, 0.1) is 5.82 Å². The van der Waals surface area contributed by atoms with Gasteiger partial charge in [0.1, 0.15) is 6.10 Å². The van der Waals surface area contributed by atoms with Crippen LogP contribution in [0.1, 0.15) is 25.8 Å². The number of hydrogen-bond donors (Lipinski definition) is 0. The lowest BCUT2D eigenvalue weighted by Crippen LogP contribution is -2.06. The number of rotatable bonds is 3. The molecule has 0 amide bonds. The summed E-state index contributed by atoms with van der Waals surface area (Å²) in [7, 11) is 0. The fourth-order valence-corrected chi connectivity index (χ4v) is 1.32. The highest BCUT2D eigenvalue weighted by Gasteiger charge is 2.15. The van der Waals surface area contributed by atoms with Gasteiger partial charge in [0.25, 0.3) is 0 Å². The molecule has 0 bridgehead atoms. The van der Waals surface area contributed by atoms with E-state index in [-0.39, 0.29) is 22.2 Å². The second-order valence-electron chi connectivity index (χ2n) is 2.57. The molecule has 0 radical (unpaired) electrons. The molecule has 0 aromatic carbocycles. The molecule has 0 aliphatic rings. The fraction of sp³-hybridized carbons (Fsp3) is 0.500. The first-order valence-electron chi connectivity index (χ1n) is 4.06.